The van der Waals surface area contributed by atoms with E-state index in [0.29, 0.717) is 32.4 Å². The molecule has 2 fully saturated rings. The summed E-state index contributed by atoms with van der Waals surface area (Å²) in [5.74, 6) is 0.999. The molecule has 1 aliphatic carbocycles. The molecule has 1 saturated carbocycles. The van der Waals surface area contributed by atoms with Gasteiger partial charge in [-0.25, -0.2) is 0 Å². The zero-order valence-corrected chi connectivity index (χ0v) is 19.7. The first kappa shape index (κ1) is 22.2. The van der Waals surface area contributed by atoms with Crippen LogP contribution in [0.25, 0.3) is 6.08 Å². The van der Waals surface area contributed by atoms with Crippen LogP contribution in [0.2, 0.25) is 5.02 Å². The molecular weight excluding hydrogens is 450 g/mol. The Morgan fingerprint density at radius 1 is 1.19 bits per heavy atom. The van der Waals surface area contributed by atoms with Crippen molar-refractivity contribution < 1.29 is 14.3 Å². The highest BCUT2D eigenvalue weighted by Gasteiger charge is 2.37. The fourth-order valence-corrected chi connectivity index (χ4v) is 5.65. The number of carbonyl (C=O) groups excluding carboxylic acids is 1. The van der Waals surface area contributed by atoms with E-state index in [2.05, 4.69) is 0 Å². The van der Waals surface area contributed by atoms with Gasteiger partial charge in [-0.2, -0.15) is 0 Å². The summed E-state index contributed by atoms with van der Waals surface area (Å²) in [5, 5.41) is 0.435. The molecule has 2 aromatic rings. The fourth-order valence-electron chi connectivity index (χ4n) is 3.98. The molecule has 1 aliphatic heterocycles. The number of benzene rings is 2. The van der Waals surface area contributed by atoms with Crippen LogP contribution in [-0.2, 0) is 11.4 Å². The van der Waals surface area contributed by atoms with Crippen LogP contribution in [-0.4, -0.2) is 28.3 Å². The van der Waals surface area contributed by atoms with Crippen LogP contribution in [0.15, 0.2) is 47.4 Å². The van der Waals surface area contributed by atoms with E-state index in [0.717, 1.165) is 36.8 Å². The van der Waals surface area contributed by atoms with Crippen molar-refractivity contribution in [2.24, 2.45) is 0 Å². The maximum absolute atomic E-state index is 13.0. The van der Waals surface area contributed by atoms with Gasteiger partial charge in [0.15, 0.2) is 11.5 Å². The Hall–Kier alpha value is -2.02. The molecule has 0 aromatic heterocycles. The number of rotatable bonds is 6. The summed E-state index contributed by atoms with van der Waals surface area (Å²) >= 11 is 13.4. The zero-order valence-electron chi connectivity index (χ0n) is 17.3. The molecule has 1 heterocycles. The van der Waals surface area contributed by atoms with Crippen LogP contribution < -0.4 is 9.47 Å². The second-order valence-corrected chi connectivity index (χ2v) is 9.73. The van der Waals surface area contributed by atoms with Gasteiger partial charge in [0, 0.05) is 6.04 Å². The SMILES string of the molecule is COc1cc(/C=C2/SC(=S)N(C3CCCCC3)C2=O)cc(Cl)c1OCc1ccccc1. The Balaban J connectivity index is 1.54. The summed E-state index contributed by atoms with van der Waals surface area (Å²) < 4.78 is 12.1. The summed E-state index contributed by atoms with van der Waals surface area (Å²) in [7, 11) is 1.58. The molecule has 0 unspecified atom stereocenters. The standard InChI is InChI=1S/C24H24ClNO3S2/c1-28-20-13-17(12-19(25)22(20)29-15-16-8-4-2-5-9-16)14-21-23(27)26(24(30)31-21)18-10-6-3-7-11-18/h2,4-5,8-9,12-14,18H,3,6-7,10-11,15H2,1H3/b21-14+. The normalized spacial score (nSPS) is 18.6. The number of thioether (sulfide) groups is 1. The summed E-state index contributed by atoms with van der Waals surface area (Å²) in [4.78, 5) is 15.5. The lowest BCUT2D eigenvalue weighted by molar-refractivity contribution is -0.124. The molecule has 0 bridgehead atoms. The van der Waals surface area contributed by atoms with E-state index >= 15 is 0 Å². The van der Waals surface area contributed by atoms with Crippen molar-refractivity contribution in [3.63, 3.8) is 0 Å². The van der Waals surface area contributed by atoms with Crippen LogP contribution >= 0.6 is 35.6 Å². The molecule has 4 rings (SSSR count). The van der Waals surface area contributed by atoms with Gasteiger partial charge < -0.3 is 9.47 Å². The lowest BCUT2D eigenvalue weighted by Crippen LogP contribution is -2.39. The third-order valence-electron chi connectivity index (χ3n) is 5.54. The maximum atomic E-state index is 13.0. The molecule has 0 spiro atoms. The maximum Gasteiger partial charge on any atom is 0.266 e. The number of thiocarbonyl (C=S) groups is 1. The van der Waals surface area contributed by atoms with Gasteiger partial charge >= 0.3 is 0 Å². The average molecular weight is 474 g/mol. The lowest BCUT2D eigenvalue weighted by Gasteiger charge is -2.29. The van der Waals surface area contributed by atoms with Crippen LogP contribution in [0.5, 0.6) is 11.5 Å². The smallest absolute Gasteiger partial charge is 0.266 e. The van der Waals surface area contributed by atoms with Crippen LogP contribution in [0, 0.1) is 0 Å². The minimum Gasteiger partial charge on any atom is -0.493 e. The molecule has 0 atom stereocenters. The summed E-state index contributed by atoms with van der Waals surface area (Å²) in [5.41, 5.74) is 1.81. The Kier molecular flexibility index (Phi) is 7.20. The van der Waals surface area contributed by atoms with Crippen molar-refractivity contribution in [1.82, 2.24) is 4.90 Å². The number of ether oxygens (including phenoxy) is 2. The van der Waals surface area contributed by atoms with Crippen LogP contribution in [0.4, 0.5) is 0 Å². The molecule has 2 aliphatic rings. The van der Waals surface area contributed by atoms with Gasteiger partial charge in [-0.15, -0.1) is 0 Å². The molecule has 1 amide bonds. The molecule has 0 radical (unpaired) electrons. The predicted molar refractivity (Wildman–Crippen MR) is 131 cm³/mol. The van der Waals surface area contributed by atoms with Crippen molar-refractivity contribution in [2.75, 3.05) is 7.11 Å². The quantitative estimate of drug-likeness (QED) is 0.355. The van der Waals surface area contributed by atoms with E-state index in [4.69, 9.17) is 33.3 Å². The molecule has 0 N–H and O–H groups in total. The van der Waals surface area contributed by atoms with E-state index in [-0.39, 0.29) is 11.9 Å². The predicted octanol–water partition coefficient (Wildman–Crippen LogP) is 6.46. The number of amides is 1. The Bertz CT molecular complexity index is 1000. The van der Waals surface area contributed by atoms with Crippen molar-refractivity contribution in [3.8, 4) is 11.5 Å². The van der Waals surface area contributed by atoms with Gasteiger partial charge in [-0.05, 0) is 42.2 Å². The highest BCUT2D eigenvalue weighted by atomic mass is 35.5. The largest absolute Gasteiger partial charge is 0.493 e. The first-order chi connectivity index (χ1) is 15.1. The number of hydrogen-bond donors (Lipinski definition) is 0. The number of nitrogens with zero attached hydrogens (tertiary/aromatic N) is 1. The van der Waals surface area contributed by atoms with Crippen molar-refractivity contribution >= 4 is 51.9 Å². The van der Waals surface area contributed by atoms with Crippen LogP contribution in [0.1, 0.15) is 43.2 Å². The van der Waals surface area contributed by atoms with Crippen molar-refractivity contribution in [1.29, 1.82) is 0 Å². The summed E-state index contributed by atoms with van der Waals surface area (Å²) in [6.45, 7) is 0.385. The monoisotopic (exact) mass is 473 g/mol. The van der Waals surface area contributed by atoms with Gasteiger partial charge in [-0.1, -0.05) is 85.2 Å². The van der Waals surface area contributed by atoms with Crippen molar-refractivity contribution in [3.05, 3.63) is 63.5 Å². The second kappa shape index (κ2) is 10.1. The Morgan fingerprint density at radius 3 is 2.65 bits per heavy atom. The Morgan fingerprint density at radius 2 is 1.94 bits per heavy atom. The zero-order chi connectivity index (χ0) is 21.8. The fraction of sp³-hybridized carbons (Fsp3) is 0.333. The van der Waals surface area contributed by atoms with Gasteiger partial charge in [0.2, 0.25) is 0 Å². The van der Waals surface area contributed by atoms with E-state index < -0.39 is 0 Å². The van der Waals surface area contributed by atoms with E-state index in [9.17, 15) is 4.79 Å². The third kappa shape index (κ3) is 5.08. The Labute approximate surface area is 197 Å². The lowest BCUT2D eigenvalue weighted by atomic mass is 9.94. The van der Waals surface area contributed by atoms with E-state index in [1.54, 1.807) is 18.1 Å². The molecule has 162 valence electrons. The highest BCUT2D eigenvalue weighted by Crippen LogP contribution is 2.40. The van der Waals surface area contributed by atoms with Gasteiger partial charge in [0.05, 0.1) is 17.0 Å². The molecule has 31 heavy (non-hydrogen) atoms. The first-order valence-electron chi connectivity index (χ1n) is 10.4. The minimum atomic E-state index is -0.0126. The van der Waals surface area contributed by atoms with Gasteiger partial charge in [0.25, 0.3) is 5.91 Å². The molecule has 2 aromatic carbocycles. The number of carbonyl (C=O) groups is 1. The first-order valence-corrected chi connectivity index (χ1v) is 12.0. The van der Waals surface area contributed by atoms with Crippen LogP contribution in [0.3, 0.4) is 0 Å². The number of methoxy groups -OCH3 is 1. The highest BCUT2D eigenvalue weighted by molar-refractivity contribution is 8.26. The minimum absolute atomic E-state index is 0.0126. The summed E-state index contributed by atoms with van der Waals surface area (Å²) in [6, 6.07) is 13.7. The topological polar surface area (TPSA) is 38.8 Å². The van der Waals surface area contributed by atoms with Gasteiger partial charge in [0.1, 0.15) is 10.9 Å². The van der Waals surface area contributed by atoms with Crippen molar-refractivity contribution in [2.45, 2.75) is 44.8 Å². The average Bonchev–Trinajstić information content (AvgIpc) is 3.06. The van der Waals surface area contributed by atoms with E-state index in [1.165, 1.54) is 18.2 Å². The molecule has 7 heteroatoms. The third-order valence-corrected chi connectivity index (χ3v) is 7.15. The molecule has 4 nitrogen and oxygen atoms in total. The second-order valence-electron chi connectivity index (χ2n) is 7.65. The van der Waals surface area contributed by atoms with E-state index in [1.807, 2.05) is 42.5 Å². The van der Waals surface area contributed by atoms with Gasteiger partial charge in [-0.3, -0.25) is 9.69 Å². The number of hydrogen-bond acceptors (Lipinski definition) is 5. The number of halogens is 1. The molecule has 1 saturated heterocycles. The molecular formula is C24H24ClNO3S2. The summed E-state index contributed by atoms with van der Waals surface area (Å²) in [6.07, 6.45) is 7.41.